The maximum atomic E-state index is 13.7. The zero-order chi connectivity index (χ0) is 21.9. The number of benzene rings is 2. The first kappa shape index (κ1) is 19.5. The second kappa shape index (κ2) is 6.80. The van der Waals surface area contributed by atoms with Crippen molar-refractivity contribution in [3.63, 3.8) is 0 Å². The molecule has 2 aromatic carbocycles. The van der Waals surface area contributed by atoms with Crippen LogP contribution in [0.3, 0.4) is 0 Å². The van der Waals surface area contributed by atoms with Crippen LogP contribution in [-0.2, 0) is 14.3 Å². The lowest BCUT2D eigenvalue weighted by Crippen LogP contribution is -2.51. The molecule has 3 amide bonds. The normalized spacial score (nSPS) is 28.7. The van der Waals surface area contributed by atoms with Gasteiger partial charge in [0.2, 0.25) is 0 Å². The number of nitrogens with zero attached hydrogens (tertiary/aromatic N) is 2. The molecule has 0 radical (unpaired) electrons. The van der Waals surface area contributed by atoms with Crippen molar-refractivity contribution < 1.29 is 28.2 Å². The van der Waals surface area contributed by atoms with Gasteiger partial charge in [-0.15, -0.1) is 0 Å². The highest BCUT2D eigenvalue weighted by Crippen LogP contribution is 2.58. The number of para-hydroxylation sites is 1. The fourth-order valence-corrected chi connectivity index (χ4v) is 5.26. The van der Waals surface area contributed by atoms with E-state index in [4.69, 9.17) is 9.47 Å². The molecule has 2 aromatic rings. The van der Waals surface area contributed by atoms with Crippen molar-refractivity contribution in [2.24, 2.45) is 11.8 Å². The minimum absolute atomic E-state index is 0.157. The minimum Gasteiger partial charge on any atom is -0.493 e. The SMILES string of the molecule is CCOC(=O)C1C2COc3ccccc3C2N2C(=O)N(c3ccc(F)cc3)C(=O)[C@]12C. The molecule has 0 bridgehead atoms. The second-order valence-electron chi connectivity index (χ2n) is 8.10. The zero-order valence-corrected chi connectivity index (χ0v) is 17.1. The average Bonchev–Trinajstić information content (AvgIpc) is 3.14. The molecule has 0 N–H and O–H groups in total. The van der Waals surface area contributed by atoms with E-state index in [1.807, 2.05) is 18.2 Å². The fraction of sp³-hybridized carbons (Fsp3) is 0.348. The highest BCUT2D eigenvalue weighted by molar-refractivity contribution is 6.24. The first-order valence-electron chi connectivity index (χ1n) is 10.2. The average molecular weight is 424 g/mol. The molecule has 2 fully saturated rings. The summed E-state index contributed by atoms with van der Waals surface area (Å²) in [5.41, 5.74) is -0.446. The number of esters is 1. The van der Waals surface area contributed by atoms with Crippen molar-refractivity contribution in [3.8, 4) is 5.75 Å². The number of hydrogen-bond acceptors (Lipinski definition) is 5. The Kier molecular flexibility index (Phi) is 4.28. The van der Waals surface area contributed by atoms with Gasteiger partial charge in [-0.25, -0.2) is 14.1 Å². The van der Waals surface area contributed by atoms with Gasteiger partial charge in [0.05, 0.1) is 30.9 Å². The first-order chi connectivity index (χ1) is 14.9. The number of rotatable bonds is 3. The molecule has 8 heteroatoms. The van der Waals surface area contributed by atoms with Crippen molar-refractivity contribution in [1.82, 2.24) is 4.90 Å². The molecule has 0 spiro atoms. The molecule has 3 heterocycles. The Labute approximate surface area is 178 Å². The third kappa shape index (κ3) is 2.54. The van der Waals surface area contributed by atoms with Crippen molar-refractivity contribution in [1.29, 1.82) is 0 Å². The van der Waals surface area contributed by atoms with E-state index in [1.165, 1.54) is 29.2 Å². The second-order valence-corrected chi connectivity index (χ2v) is 8.10. The van der Waals surface area contributed by atoms with Gasteiger partial charge in [0.1, 0.15) is 17.1 Å². The van der Waals surface area contributed by atoms with E-state index in [2.05, 4.69) is 0 Å². The van der Waals surface area contributed by atoms with E-state index in [-0.39, 0.29) is 18.9 Å². The lowest BCUT2D eigenvalue weighted by molar-refractivity contribution is -0.154. The summed E-state index contributed by atoms with van der Waals surface area (Å²) in [6.07, 6.45) is 0. The van der Waals surface area contributed by atoms with Gasteiger partial charge in [0, 0.05) is 11.5 Å². The predicted molar refractivity (Wildman–Crippen MR) is 108 cm³/mol. The van der Waals surface area contributed by atoms with Gasteiger partial charge in [0.25, 0.3) is 5.91 Å². The van der Waals surface area contributed by atoms with Crippen LogP contribution in [0, 0.1) is 17.7 Å². The summed E-state index contributed by atoms with van der Waals surface area (Å²) in [5, 5.41) is 0. The van der Waals surface area contributed by atoms with Crippen LogP contribution < -0.4 is 9.64 Å². The summed E-state index contributed by atoms with van der Waals surface area (Å²) in [6.45, 7) is 3.65. The Hall–Kier alpha value is -3.42. The van der Waals surface area contributed by atoms with Gasteiger partial charge in [-0.2, -0.15) is 0 Å². The van der Waals surface area contributed by atoms with Crippen molar-refractivity contribution in [2.45, 2.75) is 25.4 Å². The molecule has 3 unspecified atom stereocenters. The van der Waals surface area contributed by atoms with Crippen LogP contribution in [0.1, 0.15) is 25.5 Å². The van der Waals surface area contributed by atoms with E-state index in [0.717, 1.165) is 10.5 Å². The Morgan fingerprint density at radius 1 is 1.19 bits per heavy atom. The minimum atomic E-state index is -1.45. The van der Waals surface area contributed by atoms with Crippen LogP contribution in [0.25, 0.3) is 0 Å². The standard InChI is InChI=1S/C23H21FN2O5/c1-3-30-20(27)18-16-12-31-17-7-5-4-6-15(17)19(16)26-22(29)25(21(28)23(18,26)2)14-10-8-13(24)9-11-14/h4-11,16,18-19H,3,12H2,1-2H3/t16?,18?,19?,23-/m0/s1. The van der Waals surface area contributed by atoms with Crippen molar-refractivity contribution in [2.75, 3.05) is 18.1 Å². The molecule has 3 aliphatic rings. The van der Waals surface area contributed by atoms with Crippen molar-refractivity contribution in [3.05, 3.63) is 59.9 Å². The Morgan fingerprint density at radius 2 is 1.90 bits per heavy atom. The molecule has 0 saturated carbocycles. The molecule has 4 atom stereocenters. The quantitative estimate of drug-likeness (QED) is 0.558. The molecule has 3 aliphatic heterocycles. The number of ether oxygens (including phenoxy) is 2. The topological polar surface area (TPSA) is 76.2 Å². The molecule has 7 nitrogen and oxygen atoms in total. The first-order valence-corrected chi connectivity index (χ1v) is 10.2. The number of imide groups is 1. The van der Waals surface area contributed by atoms with Gasteiger partial charge in [-0.3, -0.25) is 9.59 Å². The van der Waals surface area contributed by atoms with E-state index in [1.54, 1.807) is 19.9 Å². The molecule has 2 saturated heterocycles. The summed E-state index contributed by atoms with van der Waals surface area (Å²) in [4.78, 5) is 42.9. The predicted octanol–water partition coefficient (Wildman–Crippen LogP) is 3.30. The summed E-state index contributed by atoms with van der Waals surface area (Å²) < 4.78 is 24.7. The number of hydrogen-bond donors (Lipinski definition) is 0. The third-order valence-electron chi connectivity index (χ3n) is 6.55. The molecule has 0 aliphatic carbocycles. The van der Waals surface area contributed by atoms with Crippen LogP contribution in [-0.4, -0.2) is 41.6 Å². The van der Waals surface area contributed by atoms with Crippen LogP contribution in [0.15, 0.2) is 48.5 Å². The van der Waals surface area contributed by atoms with Crippen LogP contribution in [0.4, 0.5) is 14.9 Å². The Balaban J connectivity index is 1.67. The largest absolute Gasteiger partial charge is 0.493 e. The van der Waals surface area contributed by atoms with Gasteiger partial charge in [-0.05, 0) is 44.2 Å². The zero-order valence-electron chi connectivity index (χ0n) is 17.1. The van der Waals surface area contributed by atoms with Crippen molar-refractivity contribution >= 4 is 23.6 Å². The van der Waals surface area contributed by atoms with E-state index in [0.29, 0.717) is 5.75 Å². The summed E-state index contributed by atoms with van der Waals surface area (Å²) in [6, 6.07) is 11.4. The number of urea groups is 1. The maximum absolute atomic E-state index is 13.7. The highest BCUT2D eigenvalue weighted by atomic mass is 19.1. The number of carbonyl (C=O) groups is 3. The van der Waals surface area contributed by atoms with Gasteiger partial charge in [-0.1, -0.05) is 18.2 Å². The van der Waals surface area contributed by atoms with Crippen LogP contribution in [0.5, 0.6) is 5.75 Å². The Bertz CT molecular complexity index is 1090. The highest BCUT2D eigenvalue weighted by Gasteiger charge is 2.72. The van der Waals surface area contributed by atoms with Crippen LogP contribution >= 0.6 is 0 Å². The third-order valence-corrected chi connectivity index (χ3v) is 6.55. The number of halogens is 1. The number of fused-ring (bicyclic) bond motifs is 5. The fourth-order valence-electron chi connectivity index (χ4n) is 5.26. The van der Waals surface area contributed by atoms with E-state index < -0.39 is 47.1 Å². The Morgan fingerprint density at radius 3 is 2.61 bits per heavy atom. The summed E-state index contributed by atoms with van der Waals surface area (Å²) in [7, 11) is 0. The smallest absolute Gasteiger partial charge is 0.332 e. The van der Waals surface area contributed by atoms with E-state index >= 15 is 0 Å². The molecular formula is C23H21FN2O5. The maximum Gasteiger partial charge on any atom is 0.332 e. The lowest BCUT2D eigenvalue weighted by Gasteiger charge is -2.34. The van der Waals surface area contributed by atoms with E-state index in [9.17, 15) is 18.8 Å². The molecular weight excluding hydrogens is 403 g/mol. The number of anilines is 1. The monoisotopic (exact) mass is 424 g/mol. The van der Waals surface area contributed by atoms with Gasteiger partial charge in [0.15, 0.2) is 0 Å². The summed E-state index contributed by atoms with van der Waals surface area (Å²) >= 11 is 0. The van der Waals surface area contributed by atoms with Crippen LogP contribution in [0.2, 0.25) is 0 Å². The number of carbonyl (C=O) groups excluding carboxylic acids is 3. The van der Waals surface area contributed by atoms with Gasteiger partial charge >= 0.3 is 12.0 Å². The molecule has 160 valence electrons. The molecule has 31 heavy (non-hydrogen) atoms. The molecule has 0 aromatic heterocycles. The summed E-state index contributed by atoms with van der Waals surface area (Å²) in [5.74, 6) is -2.25. The number of amides is 3. The van der Waals surface area contributed by atoms with Gasteiger partial charge < -0.3 is 14.4 Å². The molecule has 5 rings (SSSR count). The lowest BCUT2D eigenvalue weighted by atomic mass is 9.77.